The average molecular weight is 502 g/mol. The highest BCUT2D eigenvalue weighted by Gasteiger charge is 2.46. The topological polar surface area (TPSA) is 185 Å². The molecule has 5 atom stereocenters. The van der Waals surface area contributed by atoms with Crippen molar-refractivity contribution < 1.29 is 47.7 Å². The molecule has 4 rings (SSSR count). The fourth-order valence-electron chi connectivity index (χ4n) is 3.44. The van der Waals surface area contributed by atoms with Gasteiger partial charge in [0.1, 0.15) is 36.1 Å². The van der Waals surface area contributed by atoms with E-state index in [2.05, 4.69) is 9.98 Å². The van der Waals surface area contributed by atoms with Gasteiger partial charge in [-0.15, -0.1) is 0 Å². The second kappa shape index (κ2) is 9.10. The molecule has 17 heteroatoms. The lowest BCUT2D eigenvalue weighted by molar-refractivity contribution is -0.384. The van der Waals surface area contributed by atoms with Crippen molar-refractivity contribution in [3.63, 3.8) is 0 Å². The lowest BCUT2D eigenvalue weighted by Gasteiger charge is -2.32. The molecule has 35 heavy (non-hydrogen) atoms. The average Bonchev–Trinajstić information content (AvgIpc) is 3.36. The summed E-state index contributed by atoms with van der Waals surface area (Å²) in [5.41, 5.74) is 1.21. The SMILES string of the molecule is O=C(NN1C=Nc2c(ncn2[C@@H]2O[C@H](CO)[C@@H](O)[C@H]2O)C1Oc1ccc([N+](=O)[O-])cc1)C(F)(F)F. The summed E-state index contributed by atoms with van der Waals surface area (Å²) in [6, 6.07) is 4.58. The van der Waals surface area contributed by atoms with Crippen LogP contribution in [-0.2, 0) is 9.53 Å². The summed E-state index contributed by atoms with van der Waals surface area (Å²) < 4.78 is 50.8. The van der Waals surface area contributed by atoms with Crippen LogP contribution in [0.25, 0.3) is 0 Å². The second-order valence-corrected chi connectivity index (χ2v) is 7.40. The molecule has 0 bridgehead atoms. The van der Waals surface area contributed by atoms with E-state index in [0.717, 1.165) is 24.8 Å². The van der Waals surface area contributed by atoms with Crippen LogP contribution in [-0.4, -0.2) is 78.1 Å². The maximum atomic E-state index is 12.8. The number of alkyl halides is 3. The molecule has 1 fully saturated rings. The van der Waals surface area contributed by atoms with Crippen LogP contribution < -0.4 is 10.2 Å². The van der Waals surface area contributed by atoms with Gasteiger partial charge in [-0.05, 0) is 12.1 Å². The van der Waals surface area contributed by atoms with Gasteiger partial charge in [0, 0.05) is 12.1 Å². The first-order chi connectivity index (χ1) is 16.5. The fraction of sp³-hybridized carbons (Fsp3) is 0.389. The molecule has 14 nitrogen and oxygen atoms in total. The van der Waals surface area contributed by atoms with E-state index in [9.17, 15) is 43.4 Å². The van der Waals surface area contributed by atoms with Crippen molar-refractivity contribution in [2.24, 2.45) is 4.99 Å². The lowest BCUT2D eigenvalue weighted by Crippen LogP contribution is -2.51. The molecule has 0 saturated carbocycles. The molecule has 2 aliphatic rings. The number of hydrazine groups is 1. The number of nitrogens with one attached hydrogen (secondary N) is 1. The van der Waals surface area contributed by atoms with Crippen LogP contribution in [0.15, 0.2) is 35.6 Å². The third-order valence-electron chi connectivity index (χ3n) is 5.16. The van der Waals surface area contributed by atoms with Gasteiger partial charge in [0.2, 0.25) is 6.23 Å². The zero-order valence-electron chi connectivity index (χ0n) is 17.3. The number of nitro groups is 1. The van der Waals surface area contributed by atoms with E-state index in [-0.39, 0.29) is 22.9 Å². The lowest BCUT2D eigenvalue weighted by atomic mass is 10.1. The number of hydrogen-bond donors (Lipinski definition) is 4. The molecule has 0 aliphatic carbocycles. The van der Waals surface area contributed by atoms with Crippen molar-refractivity contribution in [3.8, 4) is 5.75 Å². The number of aliphatic hydroxyl groups excluding tert-OH is 3. The van der Waals surface area contributed by atoms with E-state index in [4.69, 9.17) is 9.47 Å². The Balaban J connectivity index is 1.68. The highest BCUT2D eigenvalue weighted by atomic mass is 19.4. The van der Waals surface area contributed by atoms with Gasteiger partial charge >= 0.3 is 12.1 Å². The number of carbonyl (C=O) groups excluding carboxylic acids is 1. The number of carbonyl (C=O) groups is 1. The summed E-state index contributed by atoms with van der Waals surface area (Å²) in [4.78, 5) is 29.8. The van der Waals surface area contributed by atoms with Crippen molar-refractivity contribution in [3.05, 3.63) is 46.4 Å². The third-order valence-corrected chi connectivity index (χ3v) is 5.16. The van der Waals surface area contributed by atoms with E-state index in [1.165, 1.54) is 16.7 Å². The number of nitro benzene ring substituents is 1. The molecule has 3 heterocycles. The molecule has 1 aromatic heterocycles. The highest BCUT2D eigenvalue weighted by molar-refractivity contribution is 5.83. The molecule has 1 amide bonds. The van der Waals surface area contributed by atoms with Gasteiger partial charge in [-0.2, -0.15) is 13.2 Å². The molecule has 1 aromatic carbocycles. The number of ether oxygens (including phenoxy) is 2. The first kappa shape index (κ1) is 24.3. The quantitative estimate of drug-likeness (QED) is 0.311. The minimum Gasteiger partial charge on any atom is -0.463 e. The Hall–Kier alpha value is -3.80. The zero-order valence-corrected chi connectivity index (χ0v) is 17.3. The van der Waals surface area contributed by atoms with Gasteiger partial charge in [-0.3, -0.25) is 24.9 Å². The smallest absolute Gasteiger partial charge is 0.463 e. The van der Waals surface area contributed by atoms with Crippen LogP contribution in [0.5, 0.6) is 5.75 Å². The number of rotatable bonds is 6. The monoisotopic (exact) mass is 502 g/mol. The number of hydrogen-bond acceptors (Lipinski definition) is 11. The first-order valence-electron chi connectivity index (χ1n) is 9.82. The van der Waals surface area contributed by atoms with Crippen LogP contribution in [0.3, 0.4) is 0 Å². The predicted octanol–water partition coefficient (Wildman–Crippen LogP) is 0.0493. The number of nitrogens with zero attached hydrogens (tertiary/aromatic N) is 5. The van der Waals surface area contributed by atoms with Crippen LogP contribution in [0.1, 0.15) is 18.1 Å². The summed E-state index contributed by atoms with van der Waals surface area (Å²) in [5, 5.41) is 41.1. The molecular weight excluding hydrogens is 485 g/mol. The van der Waals surface area contributed by atoms with Gasteiger partial charge in [0.15, 0.2) is 12.0 Å². The highest BCUT2D eigenvalue weighted by Crippen LogP contribution is 2.39. The molecule has 2 aliphatic heterocycles. The summed E-state index contributed by atoms with van der Waals surface area (Å²) in [6.45, 7) is -0.599. The predicted molar refractivity (Wildman–Crippen MR) is 106 cm³/mol. The third kappa shape index (κ3) is 4.61. The zero-order chi connectivity index (χ0) is 25.5. The number of aromatic nitrogens is 2. The van der Waals surface area contributed by atoms with Crippen LogP contribution in [0.4, 0.5) is 24.7 Å². The molecular formula is C18H17F3N6O8. The van der Waals surface area contributed by atoms with Crippen molar-refractivity contribution in [1.82, 2.24) is 20.0 Å². The molecule has 4 N–H and O–H groups in total. The summed E-state index contributed by atoms with van der Waals surface area (Å²) in [5.74, 6) is -2.40. The number of benzene rings is 1. The maximum absolute atomic E-state index is 12.8. The first-order valence-corrected chi connectivity index (χ1v) is 9.82. The van der Waals surface area contributed by atoms with E-state index in [1.807, 2.05) is 0 Å². The number of aliphatic imine (C=N–C) groups is 1. The normalized spacial score (nSPS) is 25.9. The Kier molecular flexibility index (Phi) is 6.32. The molecule has 0 radical (unpaired) electrons. The van der Waals surface area contributed by atoms with Gasteiger partial charge in [0.05, 0.1) is 17.9 Å². The Bertz CT molecular complexity index is 1140. The van der Waals surface area contributed by atoms with Gasteiger partial charge < -0.3 is 24.8 Å². The number of non-ortho nitro benzene ring substituents is 1. The van der Waals surface area contributed by atoms with Crippen LogP contribution in [0.2, 0.25) is 0 Å². The number of halogens is 3. The number of aliphatic hydroxyl groups is 3. The largest absolute Gasteiger partial charge is 0.472 e. The minimum absolute atomic E-state index is 0.0180. The van der Waals surface area contributed by atoms with E-state index in [1.54, 1.807) is 5.43 Å². The Morgan fingerprint density at radius 3 is 2.51 bits per heavy atom. The molecule has 1 saturated heterocycles. The van der Waals surface area contributed by atoms with E-state index in [0.29, 0.717) is 5.01 Å². The summed E-state index contributed by atoms with van der Waals surface area (Å²) >= 11 is 0. The summed E-state index contributed by atoms with van der Waals surface area (Å²) in [6.07, 6.45) is -10.2. The van der Waals surface area contributed by atoms with Crippen LogP contribution in [0, 0.1) is 10.1 Å². The number of imidazole rings is 1. The molecule has 188 valence electrons. The van der Waals surface area contributed by atoms with Crippen LogP contribution >= 0.6 is 0 Å². The maximum Gasteiger partial charge on any atom is 0.472 e. The van der Waals surface area contributed by atoms with Crippen molar-refractivity contribution in [2.45, 2.75) is 36.9 Å². The van der Waals surface area contributed by atoms with Crippen molar-refractivity contribution >= 4 is 23.8 Å². The van der Waals surface area contributed by atoms with Gasteiger partial charge in [0.25, 0.3) is 5.69 Å². The molecule has 1 unspecified atom stereocenters. The number of fused-ring (bicyclic) bond motifs is 1. The standard InChI is InChI=1S/C18H17F3N6O8/c19-18(20,21)17(31)24-26-7-23-14-11(15(26)34-9-3-1-8(2-4-9)27(32)33)22-6-25(14)16-13(30)12(29)10(5-28)35-16/h1-4,6-7,10,12-13,15-16,28-30H,5H2,(H,24,31)/t10-,12-,13-,15?,16-/m1/s1. The Labute approximate surface area is 192 Å². The Morgan fingerprint density at radius 1 is 1.26 bits per heavy atom. The molecule has 0 spiro atoms. The van der Waals surface area contributed by atoms with Gasteiger partial charge in [-0.25, -0.2) is 15.0 Å². The summed E-state index contributed by atoms with van der Waals surface area (Å²) in [7, 11) is 0. The fourth-order valence-corrected chi connectivity index (χ4v) is 3.44. The minimum atomic E-state index is -5.23. The van der Waals surface area contributed by atoms with Crippen molar-refractivity contribution in [1.29, 1.82) is 0 Å². The Morgan fingerprint density at radius 2 is 1.94 bits per heavy atom. The van der Waals surface area contributed by atoms with E-state index < -0.39 is 54.4 Å². The van der Waals surface area contributed by atoms with E-state index >= 15 is 0 Å². The molecule has 2 aromatic rings. The second-order valence-electron chi connectivity index (χ2n) is 7.40. The van der Waals surface area contributed by atoms with Crippen molar-refractivity contribution in [2.75, 3.05) is 6.61 Å². The number of amides is 1. The van der Waals surface area contributed by atoms with Gasteiger partial charge in [-0.1, -0.05) is 0 Å².